The van der Waals surface area contributed by atoms with Gasteiger partial charge in [0.05, 0.1) is 17.0 Å². The zero-order valence-corrected chi connectivity index (χ0v) is 14.6. The van der Waals surface area contributed by atoms with Gasteiger partial charge in [-0.3, -0.25) is 0 Å². The van der Waals surface area contributed by atoms with Crippen LogP contribution in [0.25, 0.3) is 0 Å². The lowest BCUT2D eigenvalue weighted by Crippen LogP contribution is -1.95. The molecular formula is C14H10Br2Cl2O. The first kappa shape index (κ1) is 15.2. The quantitative estimate of drug-likeness (QED) is 0.529. The molecule has 0 radical (unpaired) electrons. The highest BCUT2D eigenvalue weighted by Crippen LogP contribution is 2.40. The predicted molar refractivity (Wildman–Crippen MR) is 87.9 cm³/mol. The Morgan fingerprint density at radius 1 is 1.11 bits per heavy atom. The van der Waals surface area contributed by atoms with Gasteiger partial charge in [0.2, 0.25) is 0 Å². The summed E-state index contributed by atoms with van der Waals surface area (Å²) in [6.45, 7) is 0. The van der Waals surface area contributed by atoms with E-state index in [1.807, 2.05) is 30.3 Å². The van der Waals surface area contributed by atoms with E-state index in [2.05, 4.69) is 31.9 Å². The Balaban J connectivity index is 2.44. The number of hydrogen-bond donors (Lipinski definition) is 0. The van der Waals surface area contributed by atoms with Gasteiger partial charge in [-0.25, -0.2) is 0 Å². The van der Waals surface area contributed by atoms with Gasteiger partial charge in [0.25, 0.3) is 0 Å². The number of benzene rings is 2. The molecule has 0 aromatic heterocycles. The molecule has 0 bridgehead atoms. The number of halogens is 4. The van der Waals surface area contributed by atoms with Crippen molar-refractivity contribution < 1.29 is 4.74 Å². The molecule has 0 N–H and O–H groups in total. The number of methoxy groups -OCH3 is 1. The minimum Gasteiger partial charge on any atom is -0.495 e. The van der Waals surface area contributed by atoms with Crippen LogP contribution in [0.3, 0.4) is 0 Å². The van der Waals surface area contributed by atoms with Crippen LogP contribution in [0.1, 0.15) is 16.0 Å². The Morgan fingerprint density at radius 3 is 2.47 bits per heavy atom. The van der Waals surface area contributed by atoms with Gasteiger partial charge in [-0.2, -0.15) is 0 Å². The Morgan fingerprint density at radius 2 is 1.84 bits per heavy atom. The van der Waals surface area contributed by atoms with E-state index in [0.29, 0.717) is 15.8 Å². The SMILES string of the molecule is COc1cc(Cl)c(C(Br)c2cccc(Br)c2)cc1Cl. The molecule has 0 aliphatic carbocycles. The van der Waals surface area contributed by atoms with Crippen molar-refractivity contribution >= 4 is 55.1 Å². The minimum atomic E-state index is -0.0269. The Bertz CT molecular complexity index is 602. The van der Waals surface area contributed by atoms with Crippen LogP contribution in [0.5, 0.6) is 5.75 Å². The van der Waals surface area contributed by atoms with Crippen LogP contribution in [0.15, 0.2) is 40.9 Å². The summed E-state index contributed by atoms with van der Waals surface area (Å²) in [6, 6.07) is 11.6. The molecule has 2 rings (SSSR count). The molecule has 19 heavy (non-hydrogen) atoms. The van der Waals surface area contributed by atoms with Crippen LogP contribution in [0.2, 0.25) is 10.0 Å². The van der Waals surface area contributed by atoms with Crippen molar-refractivity contribution in [1.29, 1.82) is 0 Å². The van der Waals surface area contributed by atoms with Crippen molar-refractivity contribution in [3.05, 3.63) is 62.0 Å². The summed E-state index contributed by atoms with van der Waals surface area (Å²) in [5.41, 5.74) is 2.00. The second-order valence-corrected chi connectivity index (χ2v) is 6.57. The molecule has 0 amide bonds. The number of rotatable bonds is 3. The Hall–Kier alpha value is -0.220. The first-order valence-corrected chi connectivity index (χ1v) is 7.92. The zero-order valence-electron chi connectivity index (χ0n) is 9.96. The van der Waals surface area contributed by atoms with Crippen LogP contribution in [-0.4, -0.2) is 7.11 Å². The maximum atomic E-state index is 6.28. The molecule has 0 spiro atoms. The van der Waals surface area contributed by atoms with Crippen molar-refractivity contribution in [3.63, 3.8) is 0 Å². The van der Waals surface area contributed by atoms with Gasteiger partial charge >= 0.3 is 0 Å². The molecule has 0 aliphatic rings. The van der Waals surface area contributed by atoms with Gasteiger partial charge in [-0.1, -0.05) is 67.2 Å². The molecule has 0 heterocycles. The molecular weight excluding hydrogens is 415 g/mol. The lowest BCUT2D eigenvalue weighted by Gasteiger charge is -2.15. The molecule has 1 atom stereocenters. The van der Waals surface area contributed by atoms with E-state index in [0.717, 1.165) is 15.6 Å². The molecule has 100 valence electrons. The average molecular weight is 425 g/mol. The fourth-order valence-electron chi connectivity index (χ4n) is 1.74. The van der Waals surface area contributed by atoms with Crippen LogP contribution in [-0.2, 0) is 0 Å². The molecule has 0 saturated heterocycles. The van der Waals surface area contributed by atoms with Gasteiger partial charge in [0.15, 0.2) is 0 Å². The molecule has 0 saturated carbocycles. The maximum absolute atomic E-state index is 6.28. The predicted octanol–water partition coefficient (Wildman–Crippen LogP) is 6.25. The molecule has 1 unspecified atom stereocenters. The topological polar surface area (TPSA) is 9.23 Å². The smallest absolute Gasteiger partial charge is 0.138 e. The number of hydrogen-bond acceptors (Lipinski definition) is 1. The van der Waals surface area contributed by atoms with E-state index in [1.165, 1.54) is 0 Å². The minimum absolute atomic E-state index is 0.0269. The van der Waals surface area contributed by atoms with Crippen LogP contribution in [0.4, 0.5) is 0 Å². The highest BCUT2D eigenvalue weighted by atomic mass is 79.9. The third kappa shape index (κ3) is 3.46. The van der Waals surface area contributed by atoms with Crippen molar-refractivity contribution in [2.75, 3.05) is 7.11 Å². The molecule has 5 heteroatoms. The fraction of sp³-hybridized carbons (Fsp3) is 0.143. The van der Waals surface area contributed by atoms with E-state index in [4.69, 9.17) is 27.9 Å². The molecule has 1 nitrogen and oxygen atoms in total. The first-order valence-electron chi connectivity index (χ1n) is 5.45. The van der Waals surface area contributed by atoms with Crippen LogP contribution in [0, 0.1) is 0 Å². The van der Waals surface area contributed by atoms with Crippen molar-refractivity contribution in [3.8, 4) is 5.75 Å². The fourth-order valence-corrected chi connectivity index (χ4v) is 3.46. The van der Waals surface area contributed by atoms with E-state index in [1.54, 1.807) is 13.2 Å². The van der Waals surface area contributed by atoms with Crippen molar-refractivity contribution in [1.82, 2.24) is 0 Å². The normalized spacial score (nSPS) is 12.3. The van der Waals surface area contributed by atoms with E-state index in [9.17, 15) is 0 Å². The second-order valence-electron chi connectivity index (χ2n) is 3.93. The molecule has 0 fully saturated rings. The van der Waals surface area contributed by atoms with Crippen molar-refractivity contribution in [2.45, 2.75) is 4.83 Å². The highest BCUT2D eigenvalue weighted by molar-refractivity contribution is 9.10. The molecule has 2 aromatic carbocycles. The standard InChI is InChI=1S/C14H10Br2Cl2O/c1-19-13-7-11(17)10(6-12(13)18)14(16)8-3-2-4-9(15)5-8/h2-7,14H,1H3. The summed E-state index contributed by atoms with van der Waals surface area (Å²) in [7, 11) is 1.57. The summed E-state index contributed by atoms with van der Waals surface area (Å²) >= 11 is 19.5. The molecule has 2 aromatic rings. The third-order valence-corrected chi connectivity index (χ3v) is 4.82. The second kappa shape index (κ2) is 6.49. The average Bonchev–Trinajstić information content (AvgIpc) is 2.40. The summed E-state index contributed by atoms with van der Waals surface area (Å²) in [4.78, 5) is -0.0269. The first-order chi connectivity index (χ1) is 9.02. The summed E-state index contributed by atoms with van der Waals surface area (Å²) in [5, 5.41) is 1.16. The van der Waals surface area contributed by atoms with E-state index < -0.39 is 0 Å². The van der Waals surface area contributed by atoms with Gasteiger partial charge in [-0.15, -0.1) is 0 Å². The summed E-state index contributed by atoms with van der Waals surface area (Å²) < 4.78 is 6.16. The summed E-state index contributed by atoms with van der Waals surface area (Å²) in [5.74, 6) is 0.573. The summed E-state index contributed by atoms with van der Waals surface area (Å²) in [6.07, 6.45) is 0. The van der Waals surface area contributed by atoms with Crippen LogP contribution >= 0.6 is 55.1 Å². The van der Waals surface area contributed by atoms with Crippen molar-refractivity contribution in [2.24, 2.45) is 0 Å². The van der Waals surface area contributed by atoms with E-state index in [-0.39, 0.29) is 4.83 Å². The zero-order chi connectivity index (χ0) is 14.0. The maximum Gasteiger partial charge on any atom is 0.138 e. The Kier molecular flexibility index (Phi) is 5.18. The number of ether oxygens (including phenoxy) is 1. The van der Waals surface area contributed by atoms with Gasteiger partial charge in [0, 0.05) is 15.6 Å². The van der Waals surface area contributed by atoms with Crippen LogP contribution < -0.4 is 4.74 Å². The lowest BCUT2D eigenvalue weighted by molar-refractivity contribution is 0.415. The van der Waals surface area contributed by atoms with Gasteiger partial charge < -0.3 is 4.74 Å². The largest absolute Gasteiger partial charge is 0.495 e. The lowest BCUT2D eigenvalue weighted by atomic mass is 10.0. The third-order valence-electron chi connectivity index (χ3n) is 2.69. The van der Waals surface area contributed by atoms with Gasteiger partial charge in [-0.05, 0) is 29.3 Å². The van der Waals surface area contributed by atoms with E-state index >= 15 is 0 Å². The van der Waals surface area contributed by atoms with Gasteiger partial charge in [0.1, 0.15) is 5.75 Å². The highest BCUT2D eigenvalue weighted by Gasteiger charge is 2.17. The number of alkyl halides is 1. The monoisotopic (exact) mass is 422 g/mol. The Labute approximate surface area is 139 Å². The molecule has 0 aliphatic heterocycles.